The van der Waals surface area contributed by atoms with Crippen molar-refractivity contribution >= 4 is 17.9 Å². The van der Waals surface area contributed by atoms with Gasteiger partial charge in [0.2, 0.25) is 0 Å². The Hall–Kier alpha value is -4.19. The van der Waals surface area contributed by atoms with Gasteiger partial charge in [-0.3, -0.25) is 14.4 Å². The fourth-order valence-electron chi connectivity index (χ4n) is 7.78. The van der Waals surface area contributed by atoms with Gasteiger partial charge in [0.1, 0.15) is 13.2 Å². The summed E-state index contributed by atoms with van der Waals surface area (Å²) in [5, 5.41) is 0. The molecule has 0 aliphatic heterocycles. The van der Waals surface area contributed by atoms with Gasteiger partial charge in [0.25, 0.3) is 0 Å². The number of esters is 3. The molecule has 6 nitrogen and oxygen atoms in total. The van der Waals surface area contributed by atoms with Gasteiger partial charge in [0, 0.05) is 19.3 Å². The van der Waals surface area contributed by atoms with Crippen LogP contribution in [0, 0.1) is 0 Å². The van der Waals surface area contributed by atoms with Crippen LogP contribution >= 0.6 is 0 Å². The van der Waals surface area contributed by atoms with Crippen LogP contribution in [0.4, 0.5) is 0 Å². The summed E-state index contributed by atoms with van der Waals surface area (Å²) in [6, 6.07) is 0. The Kier molecular flexibility index (Phi) is 55.9. The molecule has 0 N–H and O–H groups in total. The third-order valence-electron chi connectivity index (χ3n) is 12.2. The Balaban J connectivity index is 4.29. The number of hydrogen-bond donors (Lipinski definition) is 0. The third-order valence-corrected chi connectivity index (χ3v) is 12.2. The zero-order valence-corrected chi connectivity index (χ0v) is 46.7. The standard InChI is InChI=1S/C66H108O6/c1-4-7-10-13-16-19-21-23-25-27-28-29-30-31-32-33-34-35-36-37-38-40-41-43-45-47-50-53-56-59-65(68)71-62-63(61-70-64(67)58-55-52-49-18-15-12-9-6-3)72-66(69)60-57-54-51-48-46-44-42-39-26-24-22-20-17-14-11-8-5-2/h7,10,16-17,19-20,23-26,28-29,31-32,34-35,37-38,41,43,63H,4-6,8-9,11-15,18,21-22,27,30,33,36,39-40,42,44-62H2,1-3H3/b10-7-,19-16-,20-17-,25-23-,26-24-,29-28-,32-31-,35-34-,38-37-,43-41-. The molecule has 72 heavy (non-hydrogen) atoms. The topological polar surface area (TPSA) is 78.9 Å². The summed E-state index contributed by atoms with van der Waals surface area (Å²) in [4.78, 5) is 38.0. The SMILES string of the molecule is CC/C=C\C/C=C\C/C=C\C/C=C\C/C=C\C/C=C\C/C=C\C/C=C\CCCCCCC(=O)OCC(COC(=O)CCCCCCCCCC)OC(=O)CCCCCCCCC/C=C\C/C=C\CCCCC. The summed E-state index contributed by atoms with van der Waals surface area (Å²) in [5.74, 6) is -0.931. The molecule has 0 saturated heterocycles. The molecular formula is C66H108O6. The van der Waals surface area contributed by atoms with Gasteiger partial charge in [0.05, 0.1) is 0 Å². The van der Waals surface area contributed by atoms with E-state index in [0.29, 0.717) is 19.3 Å². The maximum atomic E-state index is 12.8. The molecule has 0 radical (unpaired) electrons. The Labute approximate surface area is 443 Å². The number of carbonyl (C=O) groups is 3. The molecule has 408 valence electrons. The van der Waals surface area contributed by atoms with Crippen LogP contribution in [0.25, 0.3) is 0 Å². The first kappa shape index (κ1) is 67.8. The van der Waals surface area contributed by atoms with Crippen LogP contribution in [0.3, 0.4) is 0 Å². The molecule has 0 heterocycles. The molecule has 1 unspecified atom stereocenters. The first-order chi connectivity index (χ1) is 35.5. The van der Waals surface area contributed by atoms with Crippen LogP contribution in [-0.4, -0.2) is 37.2 Å². The molecule has 0 amide bonds. The van der Waals surface area contributed by atoms with Crippen LogP contribution in [0.2, 0.25) is 0 Å². The van der Waals surface area contributed by atoms with Crippen LogP contribution in [-0.2, 0) is 28.6 Å². The van der Waals surface area contributed by atoms with Crippen LogP contribution in [0.15, 0.2) is 122 Å². The van der Waals surface area contributed by atoms with E-state index in [-0.39, 0.29) is 31.1 Å². The highest BCUT2D eigenvalue weighted by Gasteiger charge is 2.19. The lowest BCUT2D eigenvalue weighted by molar-refractivity contribution is -0.167. The predicted octanol–water partition coefficient (Wildman–Crippen LogP) is 20.0. The van der Waals surface area contributed by atoms with Crippen molar-refractivity contribution in [3.05, 3.63) is 122 Å². The highest BCUT2D eigenvalue weighted by molar-refractivity contribution is 5.71. The molecule has 0 spiro atoms. The van der Waals surface area contributed by atoms with Crippen molar-refractivity contribution in [2.45, 2.75) is 264 Å². The average Bonchev–Trinajstić information content (AvgIpc) is 3.38. The predicted molar refractivity (Wildman–Crippen MR) is 311 cm³/mol. The second kappa shape index (κ2) is 59.4. The molecule has 0 aliphatic rings. The summed E-state index contributed by atoms with van der Waals surface area (Å²) < 4.78 is 16.8. The first-order valence-corrected chi connectivity index (χ1v) is 29.5. The van der Waals surface area contributed by atoms with Crippen molar-refractivity contribution in [3.8, 4) is 0 Å². The molecule has 0 aliphatic carbocycles. The molecule has 0 rings (SSSR count). The smallest absolute Gasteiger partial charge is 0.306 e. The molecule has 0 saturated carbocycles. The van der Waals surface area contributed by atoms with Gasteiger partial charge in [-0.05, 0) is 116 Å². The summed E-state index contributed by atoms with van der Waals surface area (Å²) in [7, 11) is 0. The van der Waals surface area contributed by atoms with Gasteiger partial charge >= 0.3 is 17.9 Å². The van der Waals surface area contributed by atoms with Crippen LogP contribution in [0.1, 0.15) is 258 Å². The van der Waals surface area contributed by atoms with E-state index < -0.39 is 6.10 Å². The van der Waals surface area contributed by atoms with Gasteiger partial charge in [0.15, 0.2) is 6.10 Å². The quantitative estimate of drug-likeness (QED) is 0.0261. The zero-order valence-electron chi connectivity index (χ0n) is 46.7. The Morgan fingerprint density at radius 2 is 0.542 bits per heavy atom. The first-order valence-electron chi connectivity index (χ1n) is 29.5. The minimum atomic E-state index is -0.793. The van der Waals surface area contributed by atoms with Crippen molar-refractivity contribution in [2.24, 2.45) is 0 Å². The molecule has 0 bridgehead atoms. The monoisotopic (exact) mass is 997 g/mol. The fraction of sp³-hybridized carbons (Fsp3) is 0.652. The largest absolute Gasteiger partial charge is 0.462 e. The lowest BCUT2D eigenvalue weighted by atomic mass is 10.1. The van der Waals surface area contributed by atoms with Crippen LogP contribution in [0.5, 0.6) is 0 Å². The molecule has 0 aromatic rings. The highest BCUT2D eigenvalue weighted by atomic mass is 16.6. The number of unbranched alkanes of at least 4 members (excludes halogenated alkanes) is 21. The second-order valence-electron chi connectivity index (χ2n) is 19.2. The maximum Gasteiger partial charge on any atom is 0.306 e. The number of rotatable bonds is 52. The number of hydrogen-bond acceptors (Lipinski definition) is 6. The van der Waals surface area contributed by atoms with E-state index in [0.717, 1.165) is 135 Å². The minimum absolute atomic E-state index is 0.0907. The van der Waals surface area contributed by atoms with Crippen molar-refractivity contribution < 1.29 is 28.6 Å². The molecule has 0 aromatic heterocycles. The van der Waals surface area contributed by atoms with Crippen molar-refractivity contribution in [1.82, 2.24) is 0 Å². The van der Waals surface area contributed by atoms with E-state index in [1.807, 2.05) is 0 Å². The summed E-state index contributed by atoms with van der Waals surface area (Å²) in [5.41, 5.74) is 0. The molecule has 1 atom stereocenters. The van der Waals surface area contributed by atoms with E-state index in [4.69, 9.17) is 14.2 Å². The van der Waals surface area contributed by atoms with E-state index >= 15 is 0 Å². The van der Waals surface area contributed by atoms with Crippen LogP contribution < -0.4 is 0 Å². The van der Waals surface area contributed by atoms with Crippen molar-refractivity contribution in [2.75, 3.05) is 13.2 Å². The summed E-state index contributed by atoms with van der Waals surface area (Å²) >= 11 is 0. The zero-order chi connectivity index (χ0) is 52.2. The number of carbonyl (C=O) groups excluding carboxylic acids is 3. The molecule has 0 fully saturated rings. The molecule has 0 aromatic carbocycles. The highest BCUT2D eigenvalue weighted by Crippen LogP contribution is 2.14. The van der Waals surface area contributed by atoms with E-state index in [1.54, 1.807) is 0 Å². The summed E-state index contributed by atoms with van der Waals surface area (Å²) in [6.45, 7) is 6.44. The van der Waals surface area contributed by atoms with Crippen molar-refractivity contribution in [3.63, 3.8) is 0 Å². The summed E-state index contributed by atoms with van der Waals surface area (Å²) in [6.07, 6.45) is 82.0. The Bertz CT molecular complexity index is 1520. The lowest BCUT2D eigenvalue weighted by Gasteiger charge is -2.18. The molecule has 6 heteroatoms. The molecular weight excluding hydrogens is 889 g/mol. The maximum absolute atomic E-state index is 12.8. The van der Waals surface area contributed by atoms with E-state index in [1.165, 1.54) is 83.5 Å². The van der Waals surface area contributed by atoms with Gasteiger partial charge in [-0.2, -0.15) is 0 Å². The average molecular weight is 998 g/mol. The second-order valence-corrected chi connectivity index (χ2v) is 19.2. The van der Waals surface area contributed by atoms with E-state index in [9.17, 15) is 14.4 Å². The number of allylic oxidation sites excluding steroid dienone is 20. The third kappa shape index (κ3) is 56.7. The minimum Gasteiger partial charge on any atom is -0.462 e. The number of ether oxygens (including phenoxy) is 3. The Morgan fingerprint density at radius 1 is 0.292 bits per heavy atom. The van der Waals surface area contributed by atoms with Gasteiger partial charge in [-0.25, -0.2) is 0 Å². The lowest BCUT2D eigenvalue weighted by Crippen LogP contribution is -2.30. The normalized spacial score (nSPS) is 13.0. The van der Waals surface area contributed by atoms with Gasteiger partial charge in [-0.1, -0.05) is 245 Å². The van der Waals surface area contributed by atoms with Gasteiger partial charge in [-0.15, -0.1) is 0 Å². The Morgan fingerprint density at radius 3 is 0.875 bits per heavy atom. The fourth-order valence-corrected chi connectivity index (χ4v) is 7.78. The van der Waals surface area contributed by atoms with Gasteiger partial charge < -0.3 is 14.2 Å². The van der Waals surface area contributed by atoms with Crippen molar-refractivity contribution in [1.29, 1.82) is 0 Å². The van der Waals surface area contributed by atoms with E-state index in [2.05, 4.69) is 142 Å².